The van der Waals surface area contributed by atoms with E-state index in [-0.39, 0.29) is 0 Å². The summed E-state index contributed by atoms with van der Waals surface area (Å²) < 4.78 is 2.13. The molecule has 0 radical (unpaired) electrons. The van der Waals surface area contributed by atoms with Crippen LogP contribution in [0.5, 0.6) is 0 Å². The van der Waals surface area contributed by atoms with Crippen LogP contribution in [0.25, 0.3) is 0 Å². The standard InChI is InChI=1S/C2H3.2CH3.Sn.H/c1-2;;;;/h1H,2H2;2*1H3;;. The summed E-state index contributed by atoms with van der Waals surface area (Å²) in [6.45, 7) is 3.65. The van der Waals surface area contributed by atoms with E-state index in [1.807, 2.05) is 0 Å². The molecule has 0 spiro atoms. The van der Waals surface area contributed by atoms with E-state index >= 15 is 0 Å². The van der Waals surface area contributed by atoms with Gasteiger partial charge in [-0.25, -0.2) is 0 Å². The second-order valence-electron chi connectivity index (χ2n) is 1.48. The Balaban J connectivity index is 2.83. The number of rotatable bonds is 1. The molecule has 0 aromatic heterocycles. The Morgan fingerprint density at radius 2 is 1.80 bits per heavy atom. The van der Waals surface area contributed by atoms with Crippen LogP contribution in [0.15, 0.2) is 10.7 Å². The summed E-state index contributed by atoms with van der Waals surface area (Å²) in [6.07, 6.45) is 0. The van der Waals surface area contributed by atoms with Crippen molar-refractivity contribution in [1.82, 2.24) is 0 Å². The van der Waals surface area contributed by atoms with Gasteiger partial charge in [-0.3, -0.25) is 0 Å². The van der Waals surface area contributed by atoms with Gasteiger partial charge in [-0.15, -0.1) is 0 Å². The molecule has 0 bridgehead atoms. The predicted octanol–water partition coefficient (Wildman–Crippen LogP) is 1.20. The van der Waals surface area contributed by atoms with Crippen molar-refractivity contribution in [3.8, 4) is 0 Å². The zero-order valence-electron chi connectivity index (χ0n) is 3.86. The first kappa shape index (κ1) is 5.54. The van der Waals surface area contributed by atoms with Gasteiger partial charge in [0.25, 0.3) is 0 Å². The predicted molar refractivity (Wildman–Crippen MR) is 29.1 cm³/mol. The second-order valence-corrected chi connectivity index (χ2v) is 9.93. The van der Waals surface area contributed by atoms with Crippen molar-refractivity contribution in [3.63, 3.8) is 0 Å². The van der Waals surface area contributed by atoms with Crippen molar-refractivity contribution in [3.05, 3.63) is 10.7 Å². The van der Waals surface area contributed by atoms with E-state index in [9.17, 15) is 0 Å². The monoisotopic (exact) mass is 178 g/mol. The molecule has 0 aliphatic heterocycles. The van der Waals surface area contributed by atoms with Gasteiger partial charge in [-0.1, -0.05) is 0 Å². The van der Waals surface area contributed by atoms with E-state index in [1.54, 1.807) is 0 Å². The van der Waals surface area contributed by atoms with E-state index in [0.717, 1.165) is 0 Å². The van der Waals surface area contributed by atoms with E-state index < -0.39 is 19.8 Å². The molecule has 0 nitrogen and oxygen atoms in total. The van der Waals surface area contributed by atoms with Gasteiger partial charge in [-0.2, -0.15) is 0 Å². The third-order valence-electron chi connectivity index (χ3n) is 0.471. The molecule has 5 heavy (non-hydrogen) atoms. The van der Waals surface area contributed by atoms with Crippen molar-refractivity contribution < 1.29 is 0 Å². The molecule has 0 aliphatic rings. The van der Waals surface area contributed by atoms with E-state index in [4.69, 9.17) is 0 Å². The van der Waals surface area contributed by atoms with Gasteiger partial charge in [0.05, 0.1) is 0 Å². The van der Waals surface area contributed by atoms with Crippen LogP contribution >= 0.6 is 0 Å². The van der Waals surface area contributed by atoms with Crippen molar-refractivity contribution in [2.75, 3.05) is 0 Å². The third-order valence-corrected chi connectivity index (χ3v) is 3.16. The Hall–Kier alpha value is 0.539. The topological polar surface area (TPSA) is 0 Å². The molecule has 0 N–H and O–H groups in total. The average Bonchev–Trinajstić information content (AvgIpc) is 1.38. The molecule has 0 aliphatic carbocycles. The van der Waals surface area contributed by atoms with E-state index in [0.29, 0.717) is 0 Å². The minimum absolute atomic E-state index is 0.915. The van der Waals surface area contributed by atoms with Gasteiger partial charge in [0.2, 0.25) is 0 Å². The van der Waals surface area contributed by atoms with Crippen LogP contribution in [0, 0.1) is 0 Å². The zero-order valence-corrected chi connectivity index (χ0v) is 7.16. The second kappa shape index (κ2) is 2.76. The first-order valence-electron chi connectivity index (χ1n) is 1.90. The molecule has 0 aromatic carbocycles. The maximum atomic E-state index is 3.65. The normalized spacial score (nSPS) is 8.60. The zero-order chi connectivity index (χ0) is 4.28. The Morgan fingerprint density at radius 3 is 1.80 bits per heavy atom. The molecule has 0 atom stereocenters. The summed E-state index contributed by atoms with van der Waals surface area (Å²) in [5.74, 6) is 0. The van der Waals surface area contributed by atoms with Crippen molar-refractivity contribution >= 4 is 19.8 Å². The molecule has 0 saturated heterocycles. The minimum atomic E-state index is -0.915. The molecule has 0 rings (SSSR count). The van der Waals surface area contributed by atoms with Gasteiger partial charge in [-0.05, 0) is 0 Å². The fraction of sp³-hybridized carbons (Fsp3) is 0.500. The molecule has 0 aromatic rings. The molecular weight excluding hydrogens is 167 g/mol. The van der Waals surface area contributed by atoms with E-state index in [1.165, 1.54) is 0 Å². The molecule has 0 amide bonds. The molecule has 30 valence electrons. The van der Waals surface area contributed by atoms with Gasteiger partial charge in [0, 0.05) is 0 Å². The van der Waals surface area contributed by atoms with Crippen LogP contribution in [0.3, 0.4) is 0 Å². The van der Waals surface area contributed by atoms with Gasteiger partial charge in [0.15, 0.2) is 0 Å². The van der Waals surface area contributed by atoms with Crippen LogP contribution in [-0.2, 0) is 0 Å². The molecule has 0 fully saturated rings. The summed E-state index contributed by atoms with van der Waals surface area (Å²) in [5, 5.41) is 0. The van der Waals surface area contributed by atoms with Crippen molar-refractivity contribution in [2.24, 2.45) is 0 Å². The molecule has 1 heteroatoms. The summed E-state index contributed by atoms with van der Waals surface area (Å²) >= 11 is -0.915. The van der Waals surface area contributed by atoms with E-state index in [2.05, 4.69) is 20.6 Å². The van der Waals surface area contributed by atoms with Gasteiger partial charge in [0.1, 0.15) is 0 Å². The Kier molecular flexibility index (Phi) is 3.06. The van der Waals surface area contributed by atoms with Crippen molar-refractivity contribution in [2.45, 2.75) is 9.88 Å². The Labute approximate surface area is 40.6 Å². The van der Waals surface area contributed by atoms with Crippen LogP contribution in [0.2, 0.25) is 9.88 Å². The molecular formula is C4H10Sn. The van der Waals surface area contributed by atoms with Crippen molar-refractivity contribution in [1.29, 1.82) is 0 Å². The summed E-state index contributed by atoms with van der Waals surface area (Å²) in [4.78, 5) is 4.63. The number of hydrogen-bond acceptors (Lipinski definition) is 0. The molecule has 0 saturated carbocycles. The fourth-order valence-corrected chi connectivity index (χ4v) is 0. The Morgan fingerprint density at radius 1 is 1.60 bits per heavy atom. The van der Waals surface area contributed by atoms with Crippen LogP contribution in [-0.4, -0.2) is 19.8 Å². The third kappa shape index (κ3) is 4.54. The van der Waals surface area contributed by atoms with Gasteiger partial charge < -0.3 is 0 Å². The summed E-state index contributed by atoms with van der Waals surface area (Å²) in [6, 6.07) is 0. The Bertz CT molecular complexity index is 30.6. The quantitative estimate of drug-likeness (QED) is 0.527. The number of hydrogen-bond donors (Lipinski definition) is 0. The summed E-state index contributed by atoms with van der Waals surface area (Å²) in [7, 11) is 0. The van der Waals surface area contributed by atoms with Crippen LogP contribution in [0.4, 0.5) is 0 Å². The SMILES string of the molecule is C=[CH][SnH]([CH3])[CH3]. The molecule has 0 heterocycles. The molecule has 0 unspecified atom stereocenters. The summed E-state index contributed by atoms with van der Waals surface area (Å²) in [5.41, 5.74) is 0. The first-order chi connectivity index (χ1) is 2.27. The maximum absolute atomic E-state index is 3.65. The first-order valence-corrected chi connectivity index (χ1v) is 10.4. The van der Waals surface area contributed by atoms with Crippen LogP contribution in [0.1, 0.15) is 0 Å². The van der Waals surface area contributed by atoms with Crippen LogP contribution < -0.4 is 0 Å². The average molecular weight is 177 g/mol. The fourth-order valence-electron chi connectivity index (χ4n) is 0. The van der Waals surface area contributed by atoms with Gasteiger partial charge >= 0.3 is 40.3 Å².